The van der Waals surface area contributed by atoms with Gasteiger partial charge in [0.25, 0.3) is 5.91 Å². The Bertz CT molecular complexity index is 1050. The summed E-state index contributed by atoms with van der Waals surface area (Å²) in [4.78, 5) is 16.9. The molecule has 6 nitrogen and oxygen atoms in total. The van der Waals surface area contributed by atoms with Gasteiger partial charge in [0, 0.05) is 35.8 Å². The van der Waals surface area contributed by atoms with E-state index in [2.05, 4.69) is 25.1 Å². The van der Waals surface area contributed by atoms with Gasteiger partial charge in [-0.3, -0.25) is 9.89 Å². The van der Waals surface area contributed by atoms with E-state index in [1.54, 1.807) is 0 Å². The van der Waals surface area contributed by atoms with Crippen LogP contribution in [0.2, 0.25) is 0 Å². The zero-order valence-corrected chi connectivity index (χ0v) is 14.9. The van der Waals surface area contributed by atoms with Crippen LogP contribution in [0.3, 0.4) is 0 Å². The monoisotopic (exact) mass is 357 g/mol. The molecule has 4 rings (SSSR count). The predicted octanol–water partition coefficient (Wildman–Crippen LogP) is 3.88. The lowest BCUT2D eigenvalue weighted by Gasteiger charge is -2.08. The molecule has 0 spiro atoms. The first-order valence-corrected chi connectivity index (χ1v) is 8.68. The fourth-order valence-corrected chi connectivity index (χ4v) is 2.86. The van der Waals surface area contributed by atoms with Gasteiger partial charge in [0.05, 0.1) is 0 Å². The number of anilines is 1. The minimum atomic E-state index is -0.147. The highest BCUT2D eigenvalue weighted by Gasteiger charge is 2.09. The highest BCUT2D eigenvalue weighted by molar-refractivity contribution is 6.04. The number of carbonyl (C=O) groups excluding carboxylic acids is 1. The molecule has 0 radical (unpaired) electrons. The van der Waals surface area contributed by atoms with Crippen LogP contribution in [0.1, 0.15) is 21.7 Å². The summed E-state index contributed by atoms with van der Waals surface area (Å²) in [6.45, 7) is 2.63. The number of H-pyrrole nitrogens is 1. The summed E-state index contributed by atoms with van der Waals surface area (Å²) in [5, 5.41) is 9.91. The van der Waals surface area contributed by atoms with Crippen molar-refractivity contribution in [1.29, 1.82) is 0 Å². The van der Waals surface area contributed by atoms with E-state index in [0.29, 0.717) is 17.1 Å². The van der Waals surface area contributed by atoms with Crippen molar-refractivity contribution < 1.29 is 4.79 Å². The van der Waals surface area contributed by atoms with Crippen LogP contribution in [0.15, 0.2) is 73.1 Å². The first-order valence-electron chi connectivity index (χ1n) is 8.68. The molecule has 4 aromatic rings. The summed E-state index contributed by atoms with van der Waals surface area (Å²) in [6.07, 6.45) is 4.03. The number of aromatic amines is 1. The van der Waals surface area contributed by atoms with Crippen LogP contribution in [0.5, 0.6) is 0 Å². The summed E-state index contributed by atoms with van der Waals surface area (Å²) in [5.74, 6) is 1.21. The molecule has 2 aromatic heterocycles. The average Bonchev–Trinajstić information content (AvgIpc) is 3.34. The third-order valence-corrected chi connectivity index (χ3v) is 4.22. The van der Waals surface area contributed by atoms with Gasteiger partial charge in [0.2, 0.25) is 0 Å². The van der Waals surface area contributed by atoms with Crippen LogP contribution >= 0.6 is 0 Å². The van der Waals surface area contributed by atoms with Crippen molar-refractivity contribution in [3.63, 3.8) is 0 Å². The summed E-state index contributed by atoms with van der Waals surface area (Å²) in [7, 11) is 0. The second-order valence-corrected chi connectivity index (χ2v) is 6.33. The van der Waals surface area contributed by atoms with Gasteiger partial charge in [-0.25, -0.2) is 4.98 Å². The number of hydrogen-bond donors (Lipinski definition) is 2. The maximum atomic E-state index is 12.5. The standard InChI is InChI=1S/C21H19N5O/c1-15-22-20(25-24-15)18-5-4-6-19(13-18)23-21(27)17-9-7-16(8-10-17)14-26-11-2-3-12-26/h2-13H,14H2,1H3,(H,23,27)(H,22,24,25). The fourth-order valence-electron chi connectivity index (χ4n) is 2.86. The predicted molar refractivity (Wildman–Crippen MR) is 104 cm³/mol. The lowest BCUT2D eigenvalue weighted by Crippen LogP contribution is -2.12. The van der Waals surface area contributed by atoms with E-state index in [4.69, 9.17) is 0 Å². The zero-order valence-electron chi connectivity index (χ0n) is 14.9. The molecule has 27 heavy (non-hydrogen) atoms. The van der Waals surface area contributed by atoms with Gasteiger partial charge in [-0.1, -0.05) is 24.3 Å². The largest absolute Gasteiger partial charge is 0.350 e. The molecule has 0 aliphatic rings. The SMILES string of the molecule is Cc1nc(-c2cccc(NC(=O)c3ccc(Cn4cccc4)cc3)c2)n[nH]1. The minimum Gasteiger partial charge on any atom is -0.350 e. The maximum absolute atomic E-state index is 12.5. The van der Waals surface area contributed by atoms with Gasteiger partial charge in [-0.2, -0.15) is 5.10 Å². The lowest BCUT2D eigenvalue weighted by molar-refractivity contribution is 0.102. The molecule has 0 bridgehead atoms. The van der Waals surface area contributed by atoms with Gasteiger partial charge in [-0.05, 0) is 48.9 Å². The lowest BCUT2D eigenvalue weighted by atomic mass is 10.1. The molecule has 1 amide bonds. The molecule has 0 atom stereocenters. The number of carbonyl (C=O) groups is 1. The molecule has 0 aliphatic carbocycles. The van der Waals surface area contributed by atoms with E-state index in [-0.39, 0.29) is 5.91 Å². The number of amides is 1. The van der Waals surface area contributed by atoms with Gasteiger partial charge in [0.1, 0.15) is 5.82 Å². The Morgan fingerprint density at radius 2 is 1.85 bits per heavy atom. The van der Waals surface area contributed by atoms with Gasteiger partial charge >= 0.3 is 0 Å². The van der Waals surface area contributed by atoms with Crippen molar-refractivity contribution in [3.8, 4) is 11.4 Å². The molecule has 6 heteroatoms. The van der Waals surface area contributed by atoms with Crippen molar-refractivity contribution in [3.05, 3.63) is 90.0 Å². The van der Waals surface area contributed by atoms with Crippen LogP contribution in [-0.2, 0) is 6.54 Å². The van der Waals surface area contributed by atoms with E-state index in [9.17, 15) is 4.79 Å². The molecule has 0 aliphatic heterocycles. The number of nitrogens with one attached hydrogen (secondary N) is 2. The van der Waals surface area contributed by atoms with E-state index in [1.807, 2.05) is 80.0 Å². The van der Waals surface area contributed by atoms with Crippen molar-refractivity contribution in [1.82, 2.24) is 19.7 Å². The maximum Gasteiger partial charge on any atom is 0.255 e. The van der Waals surface area contributed by atoms with E-state index < -0.39 is 0 Å². The number of rotatable bonds is 5. The topological polar surface area (TPSA) is 75.6 Å². The number of hydrogen-bond acceptors (Lipinski definition) is 3. The van der Waals surface area contributed by atoms with Gasteiger partial charge in [0.15, 0.2) is 5.82 Å². The van der Waals surface area contributed by atoms with Crippen LogP contribution in [0.4, 0.5) is 5.69 Å². The molecule has 134 valence electrons. The van der Waals surface area contributed by atoms with Crippen LogP contribution in [-0.4, -0.2) is 25.7 Å². The first-order chi connectivity index (χ1) is 13.2. The second-order valence-electron chi connectivity index (χ2n) is 6.33. The third-order valence-electron chi connectivity index (χ3n) is 4.22. The van der Waals surface area contributed by atoms with Crippen molar-refractivity contribution in [2.45, 2.75) is 13.5 Å². The van der Waals surface area contributed by atoms with Gasteiger partial charge < -0.3 is 9.88 Å². The van der Waals surface area contributed by atoms with Crippen molar-refractivity contribution in [2.24, 2.45) is 0 Å². The smallest absolute Gasteiger partial charge is 0.255 e. The molecule has 2 heterocycles. The van der Waals surface area contributed by atoms with Crippen molar-refractivity contribution >= 4 is 11.6 Å². The summed E-state index contributed by atoms with van der Waals surface area (Å²) in [6, 6.07) is 19.1. The van der Waals surface area contributed by atoms with E-state index in [1.165, 1.54) is 0 Å². The highest BCUT2D eigenvalue weighted by Crippen LogP contribution is 2.20. The number of aryl methyl sites for hydroxylation is 1. The van der Waals surface area contributed by atoms with Crippen LogP contribution < -0.4 is 5.32 Å². The summed E-state index contributed by atoms with van der Waals surface area (Å²) in [5.41, 5.74) is 3.31. The minimum absolute atomic E-state index is 0.147. The molecule has 0 fully saturated rings. The molecule has 2 N–H and O–H groups in total. The average molecular weight is 357 g/mol. The van der Waals surface area contributed by atoms with Crippen molar-refractivity contribution in [2.75, 3.05) is 5.32 Å². The number of nitrogens with zero attached hydrogens (tertiary/aromatic N) is 3. The van der Waals surface area contributed by atoms with Crippen LogP contribution in [0, 0.1) is 6.92 Å². The number of benzene rings is 2. The van der Waals surface area contributed by atoms with E-state index in [0.717, 1.165) is 23.5 Å². The molecule has 0 saturated carbocycles. The van der Waals surface area contributed by atoms with Gasteiger partial charge in [-0.15, -0.1) is 0 Å². The normalized spacial score (nSPS) is 10.7. The summed E-state index contributed by atoms with van der Waals surface area (Å²) < 4.78 is 2.09. The molecular formula is C21H19N5O. The first kappa shape index (κ1) is 16.8. The molecule has 0 saturated heterocycles. The fraction of sp³-hybridized carbons (Fsp3) is 0.0952. The molecular weight excluding hydrogens is 338 g/mol. The Morgan fingerprint density at radius 1 is 1.07 bits per heavy atom. The Kier molecular flexibility index (Phi) is 4.53. The Labute approximate surface area is 156 Å². The van der Waals surface area contributed by atoms with Crippen LogP contribution in [0.25, 0.3) is 11.4 Å². The second kappa shape index (κ2) is 7.29. The molecule has 0 unspecified atom stereocenters. The number of aromatic nitrogens is 4. The third kappa shape index (κ3) is 3.95. The summed E-state index contributed by atoms with van der Waals surface area (Å²) >= 11 is 0. The Hall–Kier alpha value is -3.67. The Balaban J connectivity index is 1.46. The quantitative estimate of drug-likeness (QED) is 0.569. The van der Waals surface area contributed by atoms with E-state index >= 15 is 0 Å². The Morgan fingerprint density at radius 3 is 2.56 bits per heavy atom. The zero-order chi connectivity index (χ0) is 18.6. The molecule has 2 aromatic carbocycles. The highest BCUT2D eigenvalue weighted by atomic mass is 16.1.